The van der Waals surface area contributed by atoms with Crippen molar-refractivity contribution in [3.8, 4) is 16.5 Å². The quantitative estimate of drug-likeness (QED) is 0.270. The lowest BCUT2D eigenvalue weighted by atomic mass is 10.1. The Kier molecular flexibility index (Phi) is 5.46. The van der Waals surface area contributed by atoms with Gasteiger partial charge in [0.2, 0.25) is 5.88 Å². The Morgan fingerprint density at radius 1 is 1.23 bits per heavy atom. The van der Waals surface area contributed by atoms with Gasteiger partial charge in [-0.25, -0.2) is 9.78 Å². The number of amides is 1. The average Bonchev–Trinajstić information content (AvgIpc) is 3.23. The summed E-state index contributed by atoms with van der Waals surface area (Å²) in [6, 6.07) is 6.07. The highest BCUT2D eigenvalue weighted by Gasteiger charge is 2.21. The second-order valence-corrected chi connectivity index (χ2v) is 9.93. The number of aromatic hydroxyl groups is 1. The maximum absolute atomic E-state index is 12.8. The maximum Gasteiger partial charge on any atom is 0.326 e. The van der Waals surface area contributed by atoms with Gasteiger partial charge in [-0.15, -0.1) is 11.3 Å². The number of hydrogen-bond acceptors (Lipinski definition) is 8. The molecule has 6 rings (SSSR count). The number of hydrogen-bond donors (Lipinski definition) is 5. The van der Waals surface area contributed by atoms with E-state index in [4.69, 9.17) is 9.98 Å². The molecule has 35 heavy (non-hydrogen) atoms. The van der Waals surface area contributed by atoms with Gasteiger partial charge in [-0.1, -0.05) is 0 Å². The summed E-state index contributed by atoms with van der Waals surface area (Å²) >= 11 is 1.39. The van der Waals surface area contributed by atoms with Crippen molar-refractivity contribution in [3.63, 3.8) is 0 Å². The van der Waals surface area contributed by atoms with Crippen LogP contribution in [-0.4, -0.2) is 60.8 Å². The largest absolute Gasteiger partial charge is 0.493 e. The lowest BCUT2D eigenvalue weighted by Gasteiger charge is -2.23. The Morgan fingerprint density at radius 2 is 2.06 bits per heavy atom. The highest BCUT2D eigenvalue weighted by Crippen LogP contribution is 2.27. The number of rotatable bonds is 5. The van der Waals surface area contributed by atoms with E-state index in [9.17, 15) is 14.7 Å². The molecule has 2 aliphatic rings. The third-order valence-corrected chi connectivity index (χ3v) is 7.24. The zero-order valence-corrected chi connectivity index (χ0v) is 19.6. The summed E-state index contributed by atoms with van der Waals surface area (Å²) in [5.41, 5.74) is 1.64. The molecule has 0 unspecified atom stereocenters. The fraction of sp³-hybridized carbons (Fsp3) is 0.348. The van der Waals surface area contributed by atoms with Crippen LogP contribution in [0.15, 0.2) is 34.2 Å². The van der Waals surface area contributed by atoms with Crippen LogP contribution in [0.2, 0.25) is 0 Å². The van der Waals surface area contributed by atoms with Gasteiger partial charge in [0.05, 0.1) is 27.7 Å². The molecule has 4 aromatic rings. The molecular formula is C23H24N8O3S. The minimum absolute atomic E-state index is 0.0672. The van der Waals surface area contributed by atoms with E-state index < -0.39 is 5.69 Å². The average molecular weight is 493 g/mol. The molecule has 0 bridgehead atoms. The van der Waals surface area contributed by atoms with Gasteiger partial charge in [0.1, 0.15) is 5.69 Å². The Labute approximate surface area is 202 Å². The number of carbonyl (C=O) groups excluding carboxylic acids is 1. The first-order valence-corrected chi connectivity index (χ1v) is 12.4. The normalized spacial score (nSPS) is 17.9. The molecule has 4 aromatic heterocycles. The van der Waals surface area contributed by atoms with Gasteiger partial charge in [0.15, 0.2) is 11.1 Å². The molecule has 180 valence electrons. The van der Waals surface area contributed by atoms with Crippen LogP contribution in [0.1, 0.15) is 41.0 Å². The van der Waals surface area contributed by atoms with E-state index in [2.05, 4.69) is 25.7 Å². The van der Waals surface area contributed by atoms with Crippen LogP contribution in [0.5, 0.6) is 5.88 Å². The predicted molar refractivity (Wildman–Crippen MR) is 130 cm³/mol. The van der Waals surface area contributed by atoms with Crippen LogP contribution >= 0.6 is 11.3 Å². The van der Waals surface area contributed by atoms with E-state index in [0.29, 0.717) is 26.9 Å². The van der Waals surface area contributed by atoms with Crippen LogP contribution in [0.25, 0.3) is 22.3 Å². The van der Waals surface area contributed by atoms with Crippen molar-refractivity contribution < 1.29 is 9.90 Å². The molecule has 0 spiro atoms. The summed E-state index contributed by atoms with van der Waals surface area (Å²) in [7, 11) is 0. The molecule has 1 aliphatic carbocycles. The number of piperidine rings is 1. The second kappa shape index (κ2) is 8.78. The molecule has 1 saturated heterocycles. The standard InChI is InChI=1S/C23H24N8O3S/c32-21-16(29-23(34)30-21)9-12-11-25-31-19(26-13-1-2-13)10-15(28-20(12)31)17-3-4-18(35-17)22(33)27-14-5-7-24-8-6-14/h3-4,9-11,13-14,24,32H,1-2,5-8H2,(H,27,33)(H2,29,30,34)/b12-9-,26-19?. The van der Waals surface area contributed by atoms with Crippen molar-refractivity contribution in [2.45, 2.75) is 37.8 Å². The zero-order valence-electron chi connectivity index (χ0n) is 18.7. The molecule has 1 saturated carbocycles. The minimum atomic E-state index is -0.503. The fourth-order valence-electron chi connectivity index (χ4n) is 4.14. The molecule has 1 amide bonds. The lowest BCUT2D eigenvalue weighted by molar-refractivity contribution is 0.0933. The Bertz CT molecular complexity index is 1590. The summed E-state index contributed by atoms with van der Waals surface area (Å²) in [5.74, 6) is -0.321. The molecule has 0 atom stereocenters. The number of carbonyl (C=O) groups is 1. The summed E-state index contributed by atoms with van der Waals surface area (Å²) in [5, 5.41) is 21.5. The third-order valence-electron chi connectivity index (χ3n) is 6.13. The minimum Gasteiger partial charge on any atom is -0.493 e. The number of aromatic nitrogens is 5. The molecule has 5 N–H and O–H groups in total. The SMILES string of the molecule is O=C(NC1CCNCC1)c1ccc(-c2cc(=NC3CC3)n3nc/c(=C/c4[nH]c(=O)[nH]c4O)c3n2)s1. The Balaban J connectivity index is 1.40. The van der Waals surface area contributed by atoms with Crippen LogP contribution in [0.3, 0.4) is 0 Å². The Morgan fingerprint density at radius 3 is 2.80 bits per heavy atom. The maximum atomic E-state index is 12.8. The van der Waals surface area contributed by atoms with Crippen LogP contribution in [0, 0.1) is 0 Å². The molecule has 11 nitrogen and oxygen atoms in total. The van der Waals surface area contributed by atoms with Gasteiger partial charge in [-0.05, 0) is 57.0 Å². The first-order chi connectivity index (χ1) is 17.0. The van der Waals surface area contributed by atoms with Gasteiger partial charge in [-0.3, -0.25) is 14.8 Å². The molecular weight excluding hydrogens is 468 g/mol. The van der Waals surface area contributed by atoms with Crippen LogP contribution < -0.4 is 27.0 Å². The summed E-state index contributed by atoms with van der Waals surface area (Å²) < 4.78 is 1.66. The topological polar surface area (TPSA) is 153 Å². The number of thiophene rings is 1. The smallest absolute Gasteiger partial charge is 0.326 e. The van der Waals surface area contributed by atoms with Crippen molar-refractivity contribution in [1.82, 2.24) is 35.2 Å². The van der Waals surface area contributed by atoms with Crippen molar-refractivity contribution in [1.29, 1.82) is 0 Å². The van der Waals surface area contributed by atoms with E-state index in [1.54, 1.807) is 16.8 Å². The zero-order chi connectivity index (χ0) is 23.9. The van der Waals surface area contributed by atoms with Crippen molar-refractivity contribution in [2.24, 2.45) is 4.99 Å². The number of imidazole rings is 1. The fourth-order valence-corrected chi connectivity index (χ4v) is 5.01. The monoisotopic (exact) mass is 492 g/mol. The molecule has 2 fully saturated rings. The predicted octanol–water partition coefficient (Wildman–Crippen LogP) is 0.272. The van der Waals surface area contributed by atoms with E-state index in [-0.39, 0.29) is 29.6 Å². The van der Waals surface area contributed by atoms with Crippen LogP contribution in [-0.2, 0) is 0 Å². The van der Waals surface area contributed by atoms with Crippen molar-refractivity contribution in [3.05, 3.63) is 56.2 Å². The van der Waals surface area contributed by atoms with Gasteiger partial charge < -0.3 is 20.7 Å². The van der Waals surface area contributed by atoms with E-state index in [1.807, 2.05) is 18.2 Å². The molecule has 0 radical (unpaired) electrons. The van der Waals surface area contributed by atoms with Gasteiger partial charge >= 0.3 is 5.69 Å². The van der Waals surface area contributed by atoms with Crippen molar-refractivity contribution >= 4 is 29.0 Å². The number of nitrogens with one attached hydrogen (secondary N) is 4. The molecule has 5 heterocycles. The number of fused-ring (bicyclic) bond motifs is 1. The first-order valence-electron chi connectivity index (χ1n) is 11.6. The van der Waals surface area contributed by atoms with E-state index in [1.165, 1.54) is 11.3 Å². The van der Waals surface area contributed by atoms with Gasteiger partial charge in [0, 0.05) is 17.3 Å². The van der Waals surface area contributed by atoms with Gasteiger partial charge in [0.25, 0.3) is 5.91 Å². The summed E-state index contributed by atoms with van der Waals surface area (Å²) in [4.78, 5) is 40.3. The molecule has 12 heteroatoms. The van der Waals surface area contributed by atoms with Crippen molar-refractivity contribution in [2.75, 3.05) is 13.1 Å². The summed E-state index contributed by atoms with van der Waals surface area (Å²) in [6.45, 7) is 1.83. The highest BCUT2D eigenvalue weighted by molar-refractivity contribution is 7.17. The number of H-pyrrole nitrogens is 2. The highest BCUT2D eigenvalue weighted by atomic mass is 32.1. The lowest BCUT2D eigenvalue weighted by Crippen LogP contribution is -2.42. The van der Waals surface area contributed by atoms with E-state index >= 15 is 0 Å². The third kappa shape index (κ3) is 4.49. The van der Waals surface area contributed by atoms with Crippen LogP contribution in [0.4, 0.5) is 0 Å². The number of nitrogens with zero attached hydrogens (tertiary/aromatic N) is 4. The molecule has 0 aromatic carbocycles. The number of aromatic amines is 2. The Hall–Kier alpha value is -3.77. The van der Waals surface area contributed by atoms with Gasteiger partial charge in [-0.2, -0.15) is 9.61 Å². The first kappa shape index (κ1) is 21.7. The summed E-state index contributed by atoms with van der Waals surface area (Å²) in [6.07, 6.45) is 7.16. The van der Waals surface area contributed by atoms with E-state index in [0.717, 1.165) is 43.6 Å². The second-order valence-electron chi connectivity index (χ2n) is 8.84. The molecule has 1 aliphatic heterocycles.